The lowest BCUT2D eigenvalue weighted by Gasteiger charge is -2.03. The molecular weight excluding hydrogens is 170 g/mol. The third-order valence-corrected chi connectivity index (χ3v) is 1.87. The predicted octanol–water partition coefficient (Wildman–Crippen LogP) is -1.69. The van der Waals surface area contributed by atoms with Crippen molar-refractivity contribution in [3.63, 3.8) is 0 Å². The Bertz CT molecular complexity index is 341. The summed E-state index contributed by atoms with van der Waals surface area (Å²) < 4.78 is 0. The highest BCUT2D eigenvalue weighted by Crippen LogP contribution is 2.15. The van der Waals surface area contributed by atoms with Crippen LogP contribution in [0.4, 0.5) is 0 Å². The number of carbonyl (C=O) groups is 1. The van der Waals surface area contributed by atoms with E-state index in [1.165, 1.54) is 0 Å². The number of aliphatic imine (C=N–C) groups is 1. The number of allylic oxidation sites excluding steroid dienone is 1. The maximum atomic E-state index is 11.0. The number of nitrogens with zero attached hydrogens (tertiary/aromatic N) is 1. The summed E-state index contributed by atoms with van der Waals surface area (Å²) in [4.78, 5) is 14.9. The van der Waals surface area contributed by atoms with Gasteiger partial charge in [0.2, 0.25) is 5.91 Å². The zero-order valence-corrected chi connectivity index (χ0v) is 6.79. The lowest BCUT2D eigenvalue weighted by Crippen LogP contribution is -2.41. The van der Waals surface area contributed by atoms with Gasteiger partial charge in [0.05, 0.1) is 11.9 Å². The van der Waals surface area contributed by atoms with E-state index >= 15 is 0 Å². The van der Waals surface area contributed by atoms with Crippen molar-refractivity contribution in [2.24, 2.45) is 10.7 Å². The third-order valence-electron chi connectivity index (χ3n) is 1.87. The molecule has 0 saturated carbocycles. The highest BCUT2D eigenvalue weighted by atomic mass is 16.1. The Morgan fingerprint density at radius 2 is 2.46 bits per heavy atom. The van der Waals surface area contributed by atoms with Gasteiger partial charge in [-0.3, -0.25) is 9.79 Å². The first-order valence-corrected chi connectivity index (χ1v) is 3.79. The quantitative estimate of drug-likeness (QED) is 0.386. The highest BCUT2D eigenvalue weighted by Gasteiger charge is 2.19. The van der Waals surface area contributed by atoms with E-state index in [-0.39, 0.29) is 0 Å². The first-order chi connectivity index (χ1) is 6.29. The van der Waals surface area contributed by atoms with Gasteiger partial charge >= 0.3 is 0 Å². The summed E-state index contributed by atoms with van der Waals surface area (Å²) in [5.74, 6) is -0.438. The minimum Gasteiger partial charge on any atom is -0.366 e. The molecule has 5 N–H and O–H groups in total. The van der Waals surface area contributed by atoms with Gasteiger partial charge in [-0.25, -0.2) is 5.43 Å². The summed E-state index contributed by atoms with van der Waals surface area (Å²) >= 11 is 0. The molecule has 0 aromatic carbocycles. The third kappa shape index (κ3) is 1.32. The van der Waals surface area contributed by atoms with Crippen molar-refractivity contribution in [2.45, 2.75) is 0 Å². The minimum atomic E-state index is -0.438. The van der Waals surface area contributed by atoms with Gasteiger partial charge in [-0.2, -0.15) is 5.53 Å². The number of primary amides is 1. The van der Waals surface area contributed by atoms with Gasteiger partial charge in [0.1, 0.15) is 0 Å². The Kier molecular flexibility index (Phi) is 1.84. The Balaban J connectivity index is 2.44. The molecule has 0 saturated heterocycles. The molecule has 6 nitrogen and oxygen atoms in total. The van der Waals surface area contributed by atoms with Crippen molar-refractivity contribution in [3.05, 3.63) is 23.0 Å². The van der Waals surface area contributed by atoms with E-state index in [4.69, 9.17) is 5.73 Å². The standard InChI is InChI=1S/C7H9N5O/c8-7(13)5-2-10-12-11-6-3-9-1-4(5)6/h1,3,10-12H,2H2,(H2,8,13). The van der Waals surface area contributed by atoms with Crippen molar-refractivity contribution in [1.82, 2.24) is 16.4 Å². The van der Waals surface area contributed by atoms with E-state index in [1.807, 2.05) is 0 Å². The molecule has 0 unspecified atom stereocenters. The molecule has 13 heavy (non-hydrogen) atoms. The highest BCUT2D eigenvalue weighted by molar-refractivity contribution is 6.02. The Morgan fingerprint density at radius 3 is 3.23 bits per heavy atom. The van der Waals surface area contributed by atoms with Gasteiger partial charge in [-0.15, -0.1) is 0 Å². The smallest absolute Gasteiger partial charge is 0.246 e. The van der Waals surface area contributed by atoms with Crippen LogP contribution in [0.5, 0.6) is 0 Å². The maximum absolute atomic E-state index is 11.0. The molecule has 0 aliphatic carbocycles. The van der Waals surface area contributed by atoms with E-state index in [9.17, 15) is 4.79 Å². The van der Waals surface area contributed by atoms with Crippen molar-refractivity contribution >= 4 is 12.1 Å². The van der Waals surface area contributed by atoms with Gasteiger partial charge in [0.15, 0.2) is 0 Å². The van der Waals surface area contributed by atoms with Crippen molar-refractivity contribution < 1.29 is 4.79 Å². The van der Waals surface area contributed by atoms with Crippen LogP contribution in [0, 0.1) is 0 Å². The number of carbonyl (C=O) groups excluding carboxylic acids is 1. The molecule has 2 aliphatic heterocycles. The molecule has 0 aromatic heterocycles. The van der Waals surface area contributed by atoms with Crippen LogP contribution in [0.15, 0.2) is 28.0 Å². The van der Waals surface area contributed by atoms with E-state index in [0.29, 0.717) is 12.1 Å². The molecule has 1 amide bonds. The average molecular weight is 179 g/mol. The molecule has 0 fully saturated rings. The molecular formula is C7H9N5O. The second-order valence-electron chi connectivity index (χ2n) is 2.68. The van der Waals surface area contributed by atoms with Gasteiger partial charge in [0.25, 0.3) is 0 Å². The number of rotatable bonds is 1. The van der Waals surface area contributed by atoms with Crippen LogP contribution < -0.4 is 22.1 Å². The summed E-state index contributed by atoms with van der Waals surface area (Å²) in [6, 6.07) is 0. The fourth-order valence-electron chi connectivity index (χ4n) is 1.22. The van der Waals surface area contributed by atoms with Crippen LogP contribution in [0.2, 0.25) is 0 Å². The molecule has 68 valence electrons. The molecule has 2 rings (SSSR count). The monoisotopic (exact) mass is 179 g/mol. The van der Waals surface area contributed by atoms with Crippen molar-refractivity contribution in [1.29, 1.82) is 0 Å². The summed E-state index contributed by atoms with van der Waals surface area (Å²) in [6.45, 7) is 0.376. The Labute approximate surface area is 74.5 Å². The number of hydrogen-bond donors (Lipinski definition) is 4. The maximum Gasteiger partial charge on any atom is 0.246 e. The lowest BCUT2D eigenvalue weighted by atomic mass is 10.1. The average Bonchev–Trinajstić information content (AvgIpc) is 2.44. The minimum absolute atomic E-state index is 0.376. The number of nitrogens with one attached hydrogen (secondary N) is 3. The van der Waals surface area contributed by atoms with Crippen molar-refractivity contribution in [2.75, 3.05) is 6.54 Å². The zero-order chi connectivity index (χ0) is 9.26. The van der Waals surface area contributed by atoms with E-state index in [2.05, 4.69) is 21.4 Å². The van der Waals surface area contributed by atoms with Crippen LogP contribution in [-0.4, -0.2) is 18.7 Å². The zero-order valence-electron chi connectivity index (χ0n) is 6.79. The topological polar surface area (TPSA) is 91.5 Å². The lowest BCUT2D eigenvalue weighted by molar-refractivity contribution is -0.114. The van der Waals surface area contributed by atoms with Crippen LogP contribution in [-0.2, 0) is 4.79 Å². The first-order valence-electron chi connectivity index (χ1n) is 3.79. The second kappa shape index (κ2) is 3.00. The summed E-state index contributed by atoms with van der Waals surface area (Å²) in [5.41, 5.74) is 15.5. The van der Waals surface area contributed by atoms with E-state index < -0.39 is 5.91 Å². The summed E-state index contributed by atoms with van der Waals surface area (Å²) in [5, 5.41) is 0. The molecule has 6 heteroatoms. The number of fused-ring (bicyclic) bond motifs is 1. The fourth-order valence-corrected chi connectivity index (χ4v) is 1.22. The van der Waals surface area contributed by atoms with Crippen LogP contribution in [0.25, 0.3) is 0 Å². The first kappa shape index (κ1) is 7.96. The van der Waals surface area contributed by atoms with Crippen LogP contribution in [0.3, 0.4) is 0 Å². The van der Waals surface area contributed by atoms with Crippen LogP contribution in [0.1, 0.15) is 0 Å². The van der Waals surface area contributed by atoms with Crippen molar-refractivity contribution in [3.8, 4) is 0 Å². The molecule has 0 bridgehead atoms. The molecule has 0 atom stereocenters. The number of hydrazine groups is 2. The molecule has 0 spiro atoms. The SMILES string of the molecule is NC(=O)C1=C2C=NC=C2NNNC1. The second-order valence-corrected chi connectivity index (χ2v) is 2.68. The van der Waals surface area contributed by atoms with Gasteiger partial charge in [-0.05, 0) is 0 Å². The molecule has 2 heterocycles. The van der Waals surface area contributed by atoms with Gasteiger partial charge in [-0.1, -0.05) is 0 Å². The van der Waals surface area contributed by atoms with E-state index in [1.54, 1.807) is 12.4 Å². The fraction of sp³-hybridized carbons (Fsp3) is 0.143. The normalized spacial score (nSPS) is 20.5. The van der Waals surface area contributed by atoms with Crippen LogP contribution >= 0.6 is 0 Å². The Morgan fingerprint density at radius 1 is 1.62 bits per heavy atom. The predicted molar refractivity (Wildman–Crippen MR) is 47.1 cm³/mol. The Hall–Kier alpha value is -1.66. The largest absolute Gasteiger partial charge is 0.366 e. The van der Waals surface area contributed by atoms with Gasteiger partial charge < -0.3 is 11.2 Å². The summed E-state index contributed by atoms with van der Waals surface area (Å²) in [7, 11) is 0. The molecule has 0 radical (unpaired) electrons. The number of amides is 1. The number of hydrogen-bond acceptors (Lipinski definition) is 5. The van der Waals surface area contributed by atoms with Gasteiger partial charge in [0, 0.05) is 23.9 Å². The molecule has 2 aliphatic rings. The molecule has 0 aromatic rings. The number of nitrogens with two attached hydrogens (primary N) is 1. The van der Waals surface area contributed by atoms with E-state index in [0.717, 1.165) is 11.3 Å². The summed E-state index contributed by atoms with van der Waals surface area (Å²) in [6.07, 6.45) is 3.23.